The van der Waals surface area contributed by atoms with Crippen LogP contribution in [0.2, 0.25) is 0 Å². The van der Waals surface area contributed by atoms with Gasteiger partial charge in [-0.25, -0.2) is 4.79 Å². The number of para-hydroxylation sites is 1. The number of hydrogen-bond acceptors (Lipinski definition) is 3. The summed E-state index contributed by atoms with van der Waals surface area (Å²) in [6.45, 7) is 3.12. The van der Waals surface area contributed by atoms with Gasteiger partial charge in [0.1, 0.15) is 11.5 Å². The van der Waals surface area contributed by atoms with Crippen molar-refractivity contribution in [2.45, 2.75) is 13.3 Å². The maximum Gasteiger partial charge on any atom is 0.335 e. The van der Waals surface area contributed by atoms with Crippen LogP contribution in [-0.4, -0.2) is 24.3 Å². The van der Waals surface area contributed by atoms with Crippen LogP contribution in [0.15, 0.2) is 48.5 Å². The number of carboxylic acid groups (broad SMARTS) is 1. The van der Waals surface area contributed by atoms with Crippen LogP contribution in [0.3, 0.4) is 0 Å². The van der Waals surface area contributed by atoms with E-state index in [1.54, 1.807) is 12.1 Å². The minimum Gasteiger partial charge on any atom is -0.493 e. The molecule has 2 aromatic carbocycles. The lowest BCUT2D eigenvalue weighted by Crippen LogP contribution is -2.05. The molecule has 0 aliphatic carbocycles. The second-order valence-corrected chi connectivity index (χ2v) is 4.65. The van der Waals surface area contributed by atoms with Crippen LogP contribution in [0, 0.1) is 6.92 Å². The highest BCUT2D eigenvalue weighted by molar-refractivity contribution is 5.87. The van der Waals surface area contributed by atoms with E-state index in [0.717, 1.165) is 17.7 Å². The lowest BCUT2D eigenvalue weighted by atomic mass is 10.2. The van der Waals surface area contributed by atoms with E-state index in [1.165, 1.54) is 12.1 Å². The zero-order valence-electron chi connectivity index (χ0n) is 11.9. The predicted octanol–water partition coefficient (Wildman–Crippen LogP) is 3.54. The fourth-order valence-electron chi connectivity index (χ4n) is 1.84. The van der Waals surface area contributed by atoms with E-state index < -0.39 is 5.97 Å². The fourth-order valence-corrected chi connectivity index (χ4v) is 1.84. The zero-order chi connectivity index (χ0) is 15.1. The number of aryl methyl sites for hydroxylation is 1. The topological polar surface area (TPSA) is 55.8 Å². The Morgan fingerprint density at radius 3 is 2.33 bits per heavy atom. The van der Waals surface area contributed by atoms with Gasteiger partial charge in [0.15, 0.2) is 0 Å². The smallest absolute Gasteiger partial charge is 0.335 e. The second kappa shape index (κ2) is 7.33. The van der Waals surface area contributed by atoms with E-state index in [1.807, 2.05) is 31.2 Å². The fraction of sp³-hybridized carbons (Fsp3) is 0.235. The number of hydrogen-bond donors (Lipinski definition) is 1. The number of carbonyl (C=O) groups is 1. The molecule has 0 bridgehead atoms. The lowest BCUT2D eigenvalue weighted by Gasteiger charge is -2.09. The Morgan fingerprint density at radius 2 is 1.67 bits per heavy atom. The van der Waals surface area contributed by atoms with Crippen molar-refractivity contribution in [3.8, 4) is 11.5 Å². The van der Waals surface area contributed by atoms with Crippen molar-refractivity contribution in [3.05, 3.63) is 59.7 Å². The summed E-state index contributed by atoms with van der Waals surface area (Å²) in [5.74, 6) is 0.618. The van der Waals surface area contributed by atoms with Crippen molar-refractivity contribution in [1.29, 1.82) is 0 Å². The third-order valence-corrected chi connectivity index (χ3v) is 3.01. The number of aromatic carboxylic acids is 1. The van der Waals surface area contributed by atoms with Gasteiger partial charge in [-0.1, -0.05) is 18.2 Å². The number of rotatable bonds is 7. The first-order valence-electron chi connectivity index (χ1n) is 6.81. The SMILES string of the molecule is Cc1ccccc1OCCCOc1ccc(C(=O)O)cc1. The molecule has 110 valence electrons. The van der Waals surface area contributed by atoms with Gasteiger partial charge in [0.2, 0.25) is 0 Å². The molecule has 0 radical (unpaired) electrons. The van der Waals surface area contributed by atoms with Gasteiger partial charge in [0.05, 0.1) is 18.8 Å². The van der Waals surface area contributed by atoms with Gasteiger partial charge in [0.25, 0.3) is 0 Å². The summed E-state index contributed by atoms with van der Waals surface area (Å²) < 4.78 is 11.2. The van der Waals surface area contributed by atoms with E-state index in [9.17, 15) is 4.79 Å². The first-order chi connectivity index (χ1) is 10.2. The molecule has 0 atom stereocenters. The van der Waals surface area contributed by atoms with Crippen LogP contribution >= 0.6 is 0 Å². The Morgan fingerprint density at radius 1 is 1.00 bits per heavy atom. The zero-order valence-corrected chi connectivity index (χ0v) is 11.9. The Labute approximate surface area is 123 Å². The highest BCUT2D eigenvalue weighted by Crippen LogP contribution is 2.16. The summed E-state index contributed by atoms with van der Waals surface area (Å²) in [6.07, 6.45) is 0.759. The molecule has 0 heterocycles. The Balaban J connectivity index is 1.70. The second-order valence-electron chi connectivity index (χ2n) is 4.65. The summed E-state index contributed by atoms with van der Waals surface area (Å²) >= 11 is 0. The van der Waals surface area contributed by atoms with Gasteiger partial charge in [-0.15, -0.1) is 0 Å². The molecule has 4 nitrogen and oxygen atoms in total. The van der Waals surface area contributed by atoms with Crippen LogP contribution in [0.4, 0.5) is 0 Å². The number of carboxylic acids is 1. The average molecular weight is 286 g/mol. The molecule has 0 amide bonds. The minimum atomic E-state index is -0.937. The maximum atomic E-state index is 10.7. The van der Waals surface area contributed by atoms with E-state index in [-0.39, 0.29) is 5.56 Å². The van der Waals surface area contributed by atoms with Crippen LogP contribution in [0.25, 0.3) is 0 Å². The van der Waals surface area contributed by atoms with E-state index in [4.69, 9.17) is 14.6 Å². The minimum absolute atomic E-state index is 0.255. The molecule has 0 aliphatic rings. The first-order valence-corrected chi connectivity index (χ1v) is 6.81. The summed E-state index contributed by atoms with van der Waals surface area (Å²) in [4.78, 5) is 10.7. The molecule has 0 saturated carbocycles. The van der Waals surface area contributed by atoms with Crippen molar-refractivity contribution >= 4 is 5.97 Å². The highest BCUT2D eigenvalue weighted by Gasteiger charge is 2.02. The summed E-state index contributed by atoms with van der Waals surface area (Å²) in [5, 5.41) is 8.80. The summed E-state index contributed by atoms with van der Waals surface area (Å²) in [5.41, 5.74) is 1.37. The van der Waals surface area contributed by atoms with Gasteiger partial charge < -0.3 is 14.6 Å². The molecule has 1 N–H and O–H groups in total. The Hall–Kier alpha value is -2.49. The summed E-state index contributed by atoms with van der Waals surface area (Å²) in [6, 6.07) is 14.3. The lowest BCUT2D eigenvalue weighted by molar-refractivity contribution is 0.0697. The van der Waals surface area contributed by atoms with Crippen molar-refractivity contribution in [3.63, 3.8) is 0 Å². The van der Waals surface area contributed by atoms with Crippen molar-refractivity contribution in [2.24, 2.45) is 0 Å². The van der Waals surface area contributed by atoms with Crippen molar-refractivity contribution in [1.82, 2.24) is 0 Å². The molecule has 0 fully saturated rings. The standard InChI is InChI=1S/C17H18O4/c1-13-5-2-3-6-16(13)21-12-4-11-20-15-9-7-14(8-10-15)17(18)19/h2-3,5-10H,4,11-12H2,1H3,(H,18,19). The normalized spacial score (nSPS) is 10.1. The molecule has 2 aromatic rings. The van der Waals surface area contributed by atoms with Gasteiger partial charge in [-0.05, 0) is 42.8 Å². The number of benzene rings is 2. The molecule has 0 saturated heterocycles. The number of ether oxygens (including phenoxy) is 2. The molecule has 0 unspecified atom stereocenters. The third kappa shape index (κ3) is 4.53. The van der Waals surface area contributed by atoms with E-state index in [2.05, 4.69) is 0 Å². The monoisotopic (exact) mass is 286 g/mol. The van der Waals surface area contributed by atoms with Crippen molar-refractivity contribution in [2.75, 3.05) is 13.2 Å². The van der Waals surface area contributed by atoms with Crippen molar-refractivity contribution < 1.29 is 19.4 Å². The molecule has 21 heavy (non-hydrogen) atoms. The van der Waals surface area contributed by atoms with Crippen LogP contribution in [0.5, 0.6) is 11.5 Å². The average Bonchev–Trinajstić information content (AvgIpc) is 2.49. The molecule has 0 spiro atoms. The molecule has 4 heteroatoms. The molecule has 2 rings (SSSR count). The molecule has 0 aromatic heterocycles. The van der Waals surface area contributed by atoms with E-state index >= 15 is 0 Å². The summed E-state index contributed by atoms with van der Waals surface area (Å²) in [7, 11) is 0. The van der Waals surface area contributed by atoms with Crippen LogP contribution < -0.4 is 9.47 Å². The van der Waals surface area contributed by atoms with Gasteiger partial charge in [0, 0.05) is 6.42 Å². The maximum absolute atomic E-state index is 10.7. The molecular weight excluding hydrogens is 268 g/mol. The molecular formula is C17H18O4. The first kappa shape index (κ1) is 14.9. The highest BCUT2D eigenvalue weighted by atomic mass is 16.5. The molecule has 0 aliphatic heterocycles. The van der Waals surface area contributed by atoms with Crippen LogP contribution in [0.1, 0.15) is 22.3 Å². The quantitative estimate of drug-likeness (QED) is 0.791. The Kier molecular flexibility index (Phi) is 5.21. The van der Waals surface area contributed by atoms with E-state index in [0.29, 0.717) is 19.0 Å². The Bertz CT molecular complexity index is 590. The van der Waals surface area contributed by atoms with Gasteiger partial charge in [-0.2, -0.15) is 0 Å². The third-order valence-electron chi connectivity index (χ3n) is 3.01. The largest absolute Gasteiger partial charge is 0.493 e. The van der Waals surface area contributed by atoms with Gasteiger partial charge >= 0.3 is 5.97 Å². The predicted molar refractivity (Wildman–Crippen MR) is 80.2 cm³/mol. The van der Waals surface area contributed by atoms with Gasteiger partial charge in [-0.3, -0.25) is 0 Å². The van der Waals surface area contributed by atoms with Crippen LogP contribution in [-0.2, 0) is 0 Å².